The van der Waals surface area contributed by atoms with Crippen LogP contribution >= 0.6 is 11.8 Å². The zero-order valence-corrected chi connectivity index (χ0v) is 11.1. The van der Waals surface area contributed by atoms with E-state index in [1.165, 1.54) is 18.9 Å². The molecule has 5 heteroatoms. The summed E-state index contributed by atoms with van der Waals surface area (Å²) in [6.07, 6.45) is 1.93. The minimum absolute atomic E-state index is 0.495. The molecule has 0 bridgehead atoms. The van der Waals surface area contributed by atoms with Gasteiger partial charge in [0.2, 0.25) is 0 Å². The average molecular weight is 256 g/mol. The summed E-state index contributed by atoms with van der Waals surface area (Å²) in [5.41, 5.74) is 0.620. The van der Waals surface area contributed by atoms with E-state index in [4.69, 9.17) is 14.6 Å². The fourth-order valence-electron chi connectivity index (χ4n) is 1.60. The van der Waals surface area contributed by atoms with E-state index < -0.39 is 11.9 Å². The molecule has 0 saturated carbocycles. The largest absolute Gasteiger partial charge is 0.493 e. The second-order valence-corrected chi connectivity index (χ2v) is 4.33. The third-order valence-corrected chi connectivity index (χ3v) is 3.33. The summed E-state index contributed by atoms with van der Waals surface area (Å²) in [7, 11) is 3.06. The van der Waals surface area contributed by atoms with Crippen molar-refractivity contribution in [2.45, 2.75) is 17.7 Å². The quantitative estimate of drug-likeness (QED) is 0.821. The predicted molar refractivity (Wildman–Crippen MR) is 67.4 cm³/mol. The molecule has 0 amide bonds. The number of benzene rings is 1. The smallest absolute Gasteiger partial charge is 0.310 e. The lowest BCUT2D eigenvalue weighted by atomic mass is 10.00. The first-order valence-corrected chi connectivity index (χ1v) is 6.30. The highest BCUT2D eigenvalue weighted by atomic mass is 32.2. The molecule has 1 unspecified atom stereocenters. The molecular formula is C12H16O4S. The maximum Gasteiger partial charge on any atom is 0.310 e. The number of ether oxygens (including phenoxy) is 2. The SMILES string of the molecule is COc1c(SC)ccc(C(C)C(=O)O)c1OC. The fourth-order valence-corrected chi connectivity index (χ4v) is 2.16. The summed E-state index contributed by atoms with van der Waals surface area (Å²) < 4.78 is 10.6. The molecule has 4 nitrogen and oxygen atoms in total. The highest BCUT2D eigenvalue weighted by Crippen LogP contribution is 2.41. The molecule has 0 aromatic heterocycles. The van der Waals surface area contributed by atoms with Gasteiger partial charge in [0, 0.05) is 5.56 Å². The van der Waals surface area contributed by atoms with Crippen LogP contribution in [0.15, 0.2) is 17.0 Å². The Balaban J connectivity index is 3.37. The first-order valence-electron chi connectivity index (χ1n) is 5.08. The van der Waals surface area contributed by atoms with Gasteiger partial charge in [-0.25, -0.2) is 0 Å². The van der Waals surface area contributed by atoms with Crippen molar-refractivity contribution in [3.63, 3.8) is 0 Å². The van der Waals surface area contributed by atoms with Crippen molar-refractivity contribution in [2.75, 3.05) is 20.5 Å². The Morgan fingerprint density at radius 1 is 1.29 bits per heavy atom. The lowest BCUT2D eigenvalue weighted by Gasteiger charge is -2.17. The van der Waals surface area contributed by atoms with E-state index in [2.05, 4.69) is 0 Å². The molecule has 0 fully saturated rings. The molecule has 0 aliphatic rings. The third kappa shape index (κ3) is 2.66. The van der Waals surface area contributed by atoms with Gasteiger partial charge in [0.15, 0.2) is 11.5 Å². The van der Waals surface area contributed by atoms with Gasteiger partial charge in [-0.05, 0) is 19.2 Å². The van der Waals surface area contributed by atoms with E-state index in [1.807, 2.05) is 12.3 Å². The van der Waals surface area contributed by atoms with Gasteiger partial charge < -0.3 is 14.6 Å². The number of hydrogen-bond donors (Lipinski definition) is 1. The topological polar surface area (TPSA) is 55.8 Å². The summed E-state index contributed by atoms with van der Waals surface area (Å²) in [4.78, 5) is 11.9. The average Bonchev–Trinajstić information content (AvgIpc) is 2.35. The van der Waals surface area contributed by atoms with E-state index in [0.717, 1.165) is 4.90 Å². The molecule has 0 saturated heterocycles. The van der Waals surface area contributed by atoms with Crippen molar-refractivity contribution in [3.8, 4) is 11.5 Å². The summed E-state index contributed by atoms with van der Waals surface area (Å²) in [5.74, 6) is -0.433. The molecule has 1 aromatic rings. The molecule has 94 valence electrons. The first-order chi connectivity index (χ1) is 8.06. The van der Waals surface area contributed by atoms with E-state index in [1.54, 1.807) is 20.1 Å². The second kappa shape index (κ2) is 5.82. The summed E-state index contributed by atoms with van der Waals surface area (Å²) in [6, 6.07) is 3.62. The summed E-state index contributed by atoms with van der Waals surface area (Å²) in [6.45, 7) is 1.62. The van der Waals surface area contributed by atoms with Gasteiger partial charge in [-0.15, -0.1) is 11.8 Å². The van der Waals surface area contributed by atoms with Crippen molar-refractivity contribution >= 4 is 17.7 Å². The molecule has 0 aliphatic carbocycles. The molecular weight excluding hydrogens is 240 g/mol. The normalized spacial score (nSPS) is 12.0. The summed E-state index contributed by atoms with van der Waals surface area (Å²) in [5, 5.41) is 9.04. The molecule has 0 aliphatic heterocycles. The predicted octanol–water partition coefficient (Wildman–Crippen LogP) is 2.61. The molecule has 0 heterocycles. The van der Waals surface area contributed by atoms with Crippen LogP contribution in [0.5, 0.6) is 11.5 Å². The maximum absolute atomic E-state index is 11.0. The van der Waals surface area contributed by atoms with Crippen molar-refractivity contribution in [3.05, 3.63) is 17.7 Å². The minimum Gasteiger partial charge on any atom is -0.493 e. The number of thioether (sulfide) groups is 1. The highest BCUT2D eigenvalue weighted by molar-refractivity contribution is 7.98. The van der Waals surface area contributed by atoms with E-state index in [9.17, 15) is 4.79 Å². The molecule has 0 spiro atoms. The molecule has 1 aromatic carbocycles. The van der Waals surface area contributed by atoms with Gasteiger partial charge >= 0.3 is 5.97 Å². The van der Waals surface area contributed by atoms with Crippen LogP contribution in [0.1, 0.15) is 18.4 Å². The maximum atomic E-state index is 11.0. The molecule has 17 heavy (non-hydrogen) atoms. The fraction of sp³-hybridized carbons (Fsp3) is 0.417. The van der Waals surface area contributed by atoms with Gasteiger partial charge in [-0.1, -0.05) is 6.07 Å². The van der Waals surface area contributed by atoms with Gasteiger partial charge in [-0.3, -0.25) is 4.79 Å². The monoisotopic (exact) mass is 256 g/mol. The minimum atomic E-state index is -0.887. The van der Waals surface area contributed by atoms with Crippen molar-refractivity contribution in [1.82, 2.24) is 0 Å². The van der Waals surface area contributed by atoms with Gasteiger partial charge in [-0.2, -0.15) is 0 Å². The number of carboxylic acid groups (broad SMARTS) is 1. The molecule has 0 radical (unpaired) electrons. The molecule has 1 N–H and O–H groups in total. The Labute approximate surface area is 105 Å². The Hall–Kier alpha value is -1.36. The van der Waals surface area contributed by atoms with Crippen LogP contribution in [-0.4, -0.2) is 31.6 Å². The van der Waals surface area contributed by atoms with Crippen LogP contribution < -0.4 is 9.47 Å². The second-order valence-electron chi connectivity index (χ2n) is 3.48. The molecule has 1 atom stereocenters. The van der Waals surface area contributed by atoms with Crippen LogP contribution in [-0.2, 0) is 4.79 Å². The van der Waals surface area contributed by atoms with Crippen LogP contribution in [0.4, 0.5) is 0 Å². The van der Waals surface area contributed by atoms with Crippen molar-refractivity contribution in [1.29, 1.82) is 0 Å². The third-order valence-electron chi connectivity index (χ3n) is 2.57. The lowest BCUT2D eigenvalue weighted by Crippen LogP contribution is -2.09. The molecule has 1 rings (SSSR count). The summed E-state index contributed by atoms with van der Waals surface area (Å²) >= 11 is 1.53. The Morgan fingerprint density at radius 3 is 2.29 bits per heavy atom. The zero-order valence-electron chi connectivity index (χ0n) is 10.3. The Bertz CT molecular complexity index is 417. The highest BCUT2D eigenvalue weighted by Gasteiger charge is 2.22. The zero-order chi connectivity index (χ0) is 13.0. The number of carbonyl (C=O) groups is 1. The number of methoxy groups -OCH3 is 2. The van der Waals surface area contributed by atoms with Crippen LogP contribution in [0.2, 0.25) is 0 Å². The number of rotatable bonds is 5. The van der Waals surface area contributed by atoms with E-state index >= 15 is 0 Å². The number of aliphatic carboxylic acids is 1. The van der Waals surface area contributed by atoms with Crippen LogP contribution in [0.25, 0.3) is 0 Å². The van der Waals surface area contributed by atoms with Gasteiger partial charge in [0.25, 0.3) is 0 Å². The van der Waals surface area contributed by atoms with E-state index in [0.29, 0.717) is 17.1 Å². The Morgan fingerprint density at radius 2 is 1.88 bits per heavy atom. The lowest BCUT2D eigenvalue weighted by molar-refractivity contribution is -0.138. The standard InChI is InChI=1S/C12H16O4S/c1-7(12(13)14)8-5-6-9(17-4)11(16-3)10(8)15-2/h5-7H,1-4H3,(H,13,14). The van der Waals surface area contributed by atoms with E-state index in [-0.39, 0.29) is 0 Å². The van der Waals surface area contributed by atoms with Gasteiger partial charge in [0.1, 0.15) is 0 Å². The van der Waals surface area contributed by atoms with Gasteiger partial charge in [0.05, 0.1) is 25.0 Å². The number of hydrogen-bond acceptors (Lipinski definition) is 4. The van der Waals surface area contributed by atoms with Crippen LogP contribution in [0, 0.1) is 0 Å². The van der Waals surface area contributed by atoms with Crippen molar-refractivity contribution in [2.24, 2.45) is 0 Å². The Kier molecular flexibility index (Phi) is 4.69. The van der Waals surface area contributed by atoms with Crippen LogP contribution in [0.3, 0.4) is 0 Å². The van der Waals surface area contributed by atoms with Crippen molar-refractivity contribution < 1.29 is 19.4 Å². The first kappa shape index (κ1) is 13.7. The number of carboxylic acids is 1.